The molecule has 2 aliphatic rings. The largest absolute Gasteiger partial charge is 0.491 e. The van der Waals surface area contributed by atoms with Gasteiger partial charge in [-0.05, 0) is 56.2 Å². The summed E-state index contributed by atoms with van der Waals surface area (Å²) in [6, 6.07) is 6.26. The summed E-state index contributed by atoms with van der Waals surface area (Å²) in [5.74, 6) is 0.964. The Balaban J connectivity index is 1.79. The van der Waals surface area contributed by atoms with Gasteiger partial charge in [0, 0.05) is 16.6 Å². The lowest BCUT2D eigenvalue weighted by Gasteiger charge is -2.27. The van der Waals surface area contributed by atoms with Crippen molar-refractivity contribution in [2.24, 2.45) is 0 Å². The molecule has 0 atom stereocenters. The maximum atomic E-state index is 12.0. The van der Waals surface area contributed by atoms with Crippen LogP contribution in [0.5, 0.6) is 5.75 Å². The first kappa shape index (κ1) is 15.7. The van der Waals surface area contributed by atoms with Crippen molar-refractivity contribution in [1.29, 1.82) is 0 Å². The first-order valence-corrected chi connectivity index (χ1v) is 8.78. The summed E-state index contributed by atoms with van der Waals surface area (Å²) in [4.78, 5) is 13.7. The quantitative estimate of drug-likeness (QED) is 0.749. The highest BCUT2D eigenvalue weighted by Gasteiger charge is 2.45. The predicted molar refractivity (Wildman–Crippen MR) is 88.4 cm³/mol. The summed E-state index contributed by atoms with van der Waals surface area (Å²) in [5.41, 5.74) is 1.57. The van der Waals surface area contributed by atoms with Gasteiger partial charge in [0.25, 0.3) is 0 Å². The van der Waals surface area contributed by atoms with E-state index < -0.39 is 0 Å². The van der Waals surface area contributed by atoms with Crippen LogP contribution in [0.25, 0.3) is 0 Å². The molecule has 1 aliphatic heterocycles. The van der Waals surface area contributed by atoms with Crippen molar-refractivity contribution >= 4 is 22.0 Å². The molecule has 1 aromatic carbocycles. The molecule has 1 heterocycles. The number of fused-ring (bicyclic) bond motifs is 2. The molecule has 1 saturated carbocycles. The van der Waals surface area contributed by atoms with E-state index >= 15 is 0 Å². The number of hydrogen-bond acceptors (Lipinski definition) is 3. The van der Waals surface area contributed by atoms with Gasteiger partial charge in [0.2, 0.25) is 0 Å². The number of amides is 1. The lowest BCUT2D eigenvalue weighted by atomic mass is 9.90. The average molecular weight is 368 g/mol. The Morgan fingerprint density at radius 3 is 2.91 bits per heavy atom. The zero-order valence-electron chi connectivity index (χ0n) is 12.9. The number of ether oxygens (including phenoxy) is 2. The van der Waals surface area contributed by atoms with Crippen LogP contribution in [0.4, 0.5) is 4.79 Å². The predicted octanol–water partition coefficient (Wildman–Crippen LogP) is 4.11. The van der Waals surface area contributed by atoms with Crippen molar-refractivity contribution < 1.29 is 14.3 Å². The van der Waals surface area contributed by atoms with E-state index in [-0.39, 0.29) is 11.5 Å². The fraction of sp³-hybridized carbons (Fsp3) is 0.588. The molecule has 5 heteroatoms. The third-order valence-corrected chi connectivity index (χ3v) is 5.09. The molecule has 1 amide bonds. The van der Waals surface area contributed by atoms with Crippen LogP contribution in [0.15, 0.2) is 22.7 Å². The van der Waals surface area contributed by atoms with Gasteiger partial charge in [0.15, 0.2) is 0 Å². The third kappa shape index (κ3) is 3.24. The van der Waals surface area contributed by atoms with E-state index in [9.17, 15) is 4.79 Å². The fourth-order valence-corrected chi connectivity index (χ4v) is 3.59. The highest BCUT2D eigenvalue weighted by Crippen LogP contribution is 2.55. The Hall–Kier alpha value is -1.23. The van der Waals surface area contributed by atoms with E-state index in [2.05, 4.69) is 22.0 Å². The van der Waals surface area contributed by atoms with Crippen LogP contribution >= 0.6 is 15.9 Å². The molecule has 120 valence electrons. The van der Waals surface area contributed by atoms with Crippen LogP contribution < -0.4 is 4.74 Å². The molecule has 1 spiro atoms. The zero-order chi connectivity index (χ0) is 15.6. The van der Waals surface area contributed by atoms with Gasteiger partial charge in [-0.1, -0.05) is 15.9 Å². The van der Waals surface area contributed by atoms with Crippen molar-refractivity contribution in [3.05, 3.63) is 28.2 Å². The number of carbonyl (C=O) groups is 1. The molecule has 0 radical (unpaired) electrons. The zero-order valence-corrected chi connectivity index (χ0v) is 14.5. The van der Waals surface area contributed by atoms with Gasteiger partial charge in [-0.25, -0.2) is 4.79 Å². The third-order valence-electron chi connectivity index (χ3n) is 4.59. The Morgan fingerprint density at radius 2 is 2.18 bits per heavy atom. The Morgan fingerprint density at radius 1 is 1.36 bits per heavy atom. The lowest BCUT2D eigenvalue weighted by Crippen LogP contribution is -2.37. The molecule has 4 nitrogen and oxygen atoms in total. The van der Waals surface area contributed by atoms with Gasteiger partial charge >= 0.3 is 6.09 Å². The second-order valence-electron chi connectivity index (χ2n) is 6.06. The van der Waals surface area contributed by atoms with E-state index in [0.29, 0.717) is 19.8 Å². The molecule has 0 aromatic heterocycles. The molecule has 3 rings (SSSR count). The summed E-state index contributed by atoms with van der Waals surface area (Å²) in [5, 5.41) is 0. The van der Waals surface area contributed by atoms with E-state index in [0.717, 1.165) is 29.6 Å². The standard InChI is InChI=1S/C17H22BrNO3/c1-2-21-16(20)19-9-3-6-17(7-8-17)14-12-13(18)4-5-15(14)22-11-10-19/h4-5,12H,2-3,6-11H2,1H3. The van der Waals surface area contributed by atoms with Crippen LogP contribution in [0.2, 0.25) is 0 Å². The summed E-state index contributed by atoms with van der Waals surface area (Å²) >= 11 is 3.57. The maximum absolute atomic E-state index is 12.0. The fourth-order valence-electron chi connectivity index (χ4n) is 3.23. The first-order chi connectivity index (χ1) is 10.6. The Labute approximate surface area is 139 Å². The second-order valence-corrected chi connectivity index (χ2v) is 6.97. The topological polar surface area (TPSA) is 38.8 Å². The van der Waals surface area contributed by atoms with E-state index in [4.69, 9.17) is 9.47 Å². The van der Waals surface area contributed by atoms with Crippen LogP contribution in [-0.4, -0.2) is 37.3 Å². The number of rotatable bonds is 1. The molecular weight excluding hydrogens is 346 g/mol. The molecular formula is C17H22BrNO3. The van der Waals surface area contributed by atoms with E-state index in [1.807, 2.05) is 19.1 Å². The highest BCUT2D eigenvalue weighted by atomic mass is 79.9. The Kier molecular flexibility index (Phi) is 4.62. The number of halogens is 1. The van der Waals surface area contributed by atoms with Gasteiger partial charge in [0.1, 0.15) is 12.4 Å². The Bertz CT molecular complexity index is 557. The molecule has 1 aromatic rings. The average Bonchev–Trinajstić information content (AvgIpc) is 3.28. The monoisotopic (exact) mass is 367 g/mol. The van der Waals surface area contributed by atoms with E-state index in [1.165, 1.54) is 18.4 Å². The second kappa shape index (κ2) is 6.49. The summed E-state index contributed by atoms with van der Waals surface area (Å²) in [6.45, 7) is 4.07. The van der Waals surface area contributed by atoms with Gasteiger partial charge < -0.3 is 14.4 Å². The highest BCUT2D eigenvalue weighted by molar-refractivity contribution is 9.10. The SMILES string of the molecule is CCOC(=O)N1CCCC2(CC2)c2cc(Br)ccc2OCC1. The van der Waals surface area contributed by atoms with Gasteiger partial charge in [-0.3, -0.25) is 0 Å². The van der Waals surface area contributed by atoms with Crippen molar-refractivity contribution in [2.45, 2.75) is 38.0 Å². The minimum Gasteiger partial charge on any atom is -0.491 e. The number of hydrogen-bond donors (Lipinski definition) is 0. The summed E-state index contributed by atoms with van der Waals surface area (Å²) in [7, 11) is 0. The van der Waals surface area contributed by atoms with E-state index in [1.54, 1.807) is 4.90 Å². The van der Waals surface area contributed by atoms with Crippen LogP contribution in [-0.2, 0) is 10.2 Å². The van der Waals surface area contributed by atoms with Crippen molar-refractivity contribution in [3.8, 4) is 5.75 Å². The van der Waals surface area contributed by atoms with Crippen molar-refractivity contribution in [1.82, 2.24) is 4.90 Å². The molecule has 0 bridgehead atoms. The lowest BCUT2D eigenvalue weighted by molar-refractivity contribution is 0.0983. The normalized spacial score (nSPS) is 20.0. The molecule has 0 unspecified atom stereocenters. The molecule has 1 fully saturated rings. The van der Waals surface area contributed by atoms with Crippen LogP contribution in [0, 0.1) is 0 Å². The summed E-state index contributed by atoms with van der Waals surface area (Å²) in [6.07, 6.45) is 4.28. The minimum atomic E-state index is -0.229. The van der Waals surface area contributed by atoms with Gasteiger partial charge in [-0.2, -0.15) is 0 Å². The smallest absolute Gasteiger partial charge is 0.409 e. The van der Waals surface area contributed by atoms with Crippen LogP contribution in [0.3, 0.4) is 0 Å². The molecule has 1 aliphatic carbocycles. The number of nitrogens with zero attached hydrogens (tertiary/aromatic N) is 1. The van der Waals surface area contributed by atoms with Crippen LogP contribution in [0.1, 0.15) is 38.2 Å². The molecule has 0 saturated heterocycles. The first-order valence-electron chi connectivity index (χ1n) is 7.99. The minimum absolute atomic E-state index is 0.229. The van der Waals surface area contributed by atoms with Gasteiger partial charge in [-0.15, -0.1) is 0 Å². The van der Waals surface area contributed by atoms with Crippen molar-refractivity contribution in [3.63, 3.8) is 0 Å². The maximum Gasteiger partial charge on any atom is 0.409 e. The summed E-state index contributed by atoms with van der Waals surface area (Å²) < 4.78 is 12.2. The molecule has 22 heavy (non-hydrogen) atoms. The number of carbonyl (C=O) groups excluding carboxylic acids is 1. The van der Waals surface area contributed by atoms with Gasteiger partial charge in [0.05, 0.1) is 13.2 Å². The van der Waals surface area contributed by atoms with Crippen molar-refractivity contribution in [2.75, 3.05) is 26.3 Å². The molecule has 0 N–H and O–H groups in total. The number of benzene rings is 1.